The van der Waals surface area contributed by atoms with Crippen LogP contribution in [0.1, 0.15) is 33.9 Å². The third-order valence-corrected chi connectivity index (χ3v) is 4.54. The molecule has 0 spiro atoms. The Morgan fingerprint density at radius 2 is 1.86 bits per heavy atom. The standard InChI is InChI=1S/C17H19BrFNO/c1-9-5-6-12(14(19)7-9)16(20)15-11(3)13(18)8-10(2)17(15)21-4/h5-8,16H,20H2,1-4H3. The number of halogens is 2. The van der Waals surface area contributed by atoms with E-state index in [4.69, 9.17) is 10.5 Å². The summed E-state index contributed by atoms with van der Waals surface area (Å²) in [6.07, 6.45) is 0. The smallest absolute Gasteiger partial charge is 0.128 e. The zero-order valence-corrected chi connectivity index (χ0v) is 14.2. The highest BCUT2D eigenvalue weighted by molar-refractivity contribution is 9.10. The summed E-state index contributed by atoms with van der Waals surface area (Å²) in [4.78, 5) is 0. The minimum atomic E-state index is -0.572. The van der Waals surface area contributed by atoms with Gasteiger partial charge in [-0.05, 0) is 49.6 Å². The number of aryl methyl sites for hydroxylation is 2. The van der Waals surface area contributed by atoms with Crippen molar-refractivity contribution in [3.8, 4) is 5.75 Å². The van der Waals surface area contributed by atoms with Crippen LogP contribution in [0, 0.1) is 26.6 Å². The monoisotopic (exact) mass is 351 g/mol. The molecule has 112 valence electrons. The maximum atomic E-state index is 14.2. The molecule has 4 heteroatoms. The van der Waals surface area contributed by atoms with Gasteiger partial charge >= 0.3 is 0 Å². The average molecular weight is 352 g/mol. The maximum absolute atomic E-state index is 14.2. The molecule has 2 rings (SSSR count). The van der Waals surface area contributed by atoms with E-state index >= 15 is 0 Å². The number of ether oxygens (including phenoxy) is 1. The molecule has 2 nitrogen and oxygen atoms in total. The van der Waals surface area contributed by atoms with Crippen molar-refractivity contribution in [1.29, 1.82) is 0 Å². The van der Waals surface area contributed by atoms with E-state index in [0.717, 1.165) is 26.7 Å². The van der Waals surface area contributed by atoms with E-state index in [9.17, 15) is 4.39 Å². The average Bonchev–Trinajstić information content (AvgIpc) is 2.41. The number of benzene rings is 2. The van der Waals surface area contributed by atoms with Gasteiger partial charge < -0.3 is 10.5 Å². The fraction of sp³-hybridized carbons (Fsp3) is 0.294. The van der Waals surface area contributed by atoms with Gasteiger partial charge in [-0.25, -0.2) is 4.39 Å². The molecule has 0 aromatic heterocycles. The Bertz CT molecular complexity index is 685. The van der Waals surface area contributed by atoms with Gasteiger partial charge in [0.1, 0.15) is 11.6 Å². The first-order chi connectivity index (χ1) is 9.86. The zero-order chi connectivity index (χ0) is 15.7. The highest BCUT2D eigenvalue weighted by Gasteiger charge is 2.22. The molecule has 2 aromatic carbocycles. The van der Waals surface area contributed by atoms with E-state index in [1.165, 1.54) is 6.07 Å². The van der Waals surface area contributed by atoms with Crippen LogP contribution < -0.4 is 10.5 Å². The zero-order valence-electron chi connectivity index (χ0n) is 12.6. The maximum Gasteiger partial charge on any atom is 0.128 e. The van der Waals surface area contributed by atoms with E-state index < -0.39 is 6.04 Å². The number of methoxy groups -OCH3 is 1. The van der Waals surface area contributed by atoms with Crippen molar-refractivity contribution in [3.05, 3.63) is 62.4 Å². The van der Waals surface area contributed by atoms with Crippen LogP contribution in [-0.4, -0.2) is 7.11 Å². The summed E-state index contributed by atoms with van der Waals surface area (Å²) in [5.41, 5.74) is 10.4. The molecule has 0 saturated heterocycles. The molecule has 0 saturated carbocycles. The Morgan fingerprint density at radius 1 is 1.19 bits per heavy atom. The van der Waals surface area contributed by atoms with Gasteiger partial charge in [0, 0.05) is 15.6 Å². The van der Waals surface area contributed by atoms with E-state index in [0.29, 0.717) is 11.3 Å². The third-order valence-electron chi connectivity index (χ3n) is 3.71. The summed E-state index contributed by atoms with van der Waals surface area (Å²) in [6.45, 7) is 5.76. The quantitative estimate of drug-likeness (QED) is 0.878. The molecule has 0 amide bonds. The van der Waals surface area contributed by atoms with E-state index in [-0.39, 0.29) is 5.82 Å². The lowest BCUT2D eigenvalue weighted by atomic mass is 9.92. The highest BCUT2D eigenvalue weighted by Crippen LogP contribution is 2.38. The van der Waals surface area contributed by atoms with Crippen LogP contribution in [0.25, 0.3) is 0 Å². The number of rotatable bonds is 3. The molecule has 0 aliphatic heterocycles. The summed E-state index contributed by atoms with van der Waals surface area (Å²) in [7, 11) is 1.61. The molecular weight excluding hydrogens is 333 g/mol. The Balaban J connectivity index is 2.65. The van der Waals surface area contributed by atoms with Gasteiger partial charge in [-0.3, -0.25) is 0 Å². The second-order valence-corrected chi connectivity index (χ2v) is 6.10. The molecule has 0 aliphatic carbocycles. The molecule has 0 bridgehead atoms. The minimum Gasteiger partial charge on any atom is -0.496 e. The Morgan fingerprint density at radius 3 is 2.43 bits per heavy atom. The molecule has 2 aromatic rings. The lowest BCUT2D eigenvalue weighted by molar-refractivity contribution is 0.403. The first-order valence-corrected chi connectivity index (χ1v) is 7.51. The van der Waals surface area contributed by atoms with Gasteiger partial charge in [-0.15, -0.1) is 0 Å². The summed E-state index contributed by atoms with van der Waals surface area (Å²) in [5, 5.41) is 0. The Hall–Kier alpha value is -1.39. The third kappa shape index (κ3) is 2.97. The van der Waals surface area contributed by atoms with Gasteiger partial charge in [-0.2, -0.15) is 0 Å². The number of hydrogen-bond acceptors (Lipinski definition) is 2. The predicted octanol–water partition coefficient (Wildman–Crippen LogP) is 4.57. The molecule has 1 unspecified atom stereocenters. The molecule has 21 heavy (non-hydrogen) atoms. The van der Waals surface area contributed by atoms with Crippen LogP contribution >= 0.6 is 15.9 Å². The summed E-state index contributed by atoms with van der Waals surface area (Å²) in [5.74, 6) is 0.421. The lowest BCUT2D eigenvalue weighted by Gasteiger charge is -2.22. The molecule has 2 N–H and O–H groups in total. The molecule has 0 aliphatic rings. The van der Waals surface area contributed by atoms with Crippen molar-refractivity contribution >= 4 is 15.9 Å². The Labute approximate surface area is 133 Å². The van der Waals surface area contributed by atoms with Gasteiger partial charge in [0.15, 0.2) is 0 Å². The molecule has 1 atom stereocenters. The van der Waals surface area contributed by atoms with E-state index in [1.807, 2.05) is 32.9 Å². The predicted molar refractivity (Wildman–Crippen MR) is 87.3 cm³/mol. The van der Waals surface area contributed by atoms with Crippen LogP contribution in [-0.2, 0) is 0 Å². The molecular formula is C17H19BrFNO. The van der Waals surface area contributed by atoms with Crippen molar-refractivity contribution in [1.82, 2.24) is 0 Å². The van der Waals surface area contributed by atoms with E-state index in [2.05, 4.69) is 15.9 Å². The van der Waals surface area contributed by atoms with Crippen molar-refractivity contribution in [2.24, 2.45) is 5.73 Å². The van der Waals surface area contributed by atoms with Gasteiger partial charge in [-0.1, -0.05) is 28.1 Å². The summed E-state index contributed by atoms with van der Waals surface area (Å²) in [6, 6.07) is 6.52. The van der Waals surface area contributed by atoms with Crippen LogP contribution in [0.5, 0.6) is 5.75 Å². The summed E-state index contributed by atoms with van der Waals surface area (Å²) >= 11 is 3.53. The van der Waals surface area contributed by atoms with Gasteiger partial charge in [0.2, 0.25) is 0 Å². The van der Waals surface area contributed by atoms with Gasteiger partial charge in [0.25, 0.3) is 0 Å². The van der Waals surface area contributed by atoms with Crippen molar-refractivity contribution < 1.29 is 9.13 Å². The van der Waals surface area contributed by atoms with Crippen molar-refractivity contribution in [2.45, 2.75) is 26.8 Å². The lowest BCUT2D eigenvalue weighted by Crippen LogP contribution is -2.17. The van der Waals surface area contributed by atoms with Crippen LogP contribution in [0.2, 0.25) is 0 Å². The molecule has 0 radical (unpaired) electrons. The van der Waals surface area contributed by atoms with Crippen LogP contribution in [0.3, 0.4) is 0 Å². The topological polar surface area (TPSA) is 35.2 Å². The van der Waals surface area contributed by atoms with E-state index in [1.54, 1.807) is 13.2 Å². The highest BCUT2D eigenvalue weighted by atomic mass is 79.9. The Kier molecular flexibility index (Phi) is 4.69. The van der Waals surface area contributed by atoms with Gasteiger partial charge in [0.05, 0.1) is 13.2 Å². The second-order valence-electron chi connectivity index (χ2n) is 5.25. The fourth-order valence-electron chi connectivity index (χ4n) is 2.56. The summed E-state index contributed by atoms with van der Waals surface area (Å²) < 4.78 is 20.7. The minimum absolute atomic E-state index is 0.290. The molecule has 0 heterocycles. The fourth-order valence-corrected chi connectivity index (χ4v) is 3.12. The SMILES string of the molecule is COc1c(C)cc(Br)c(C)c1C(N)c1ccc(C)cc1F. The number of nitrogens with two attached hydrogens (primary N) is 1. The largest absolute Gasteiger partial charge is 0.496 e. The number of hydrogen-bond donors (Lipinski definition) is 1. The van der Waals surface area contributed by atoms with Crippen LogP contribution in [0.4, 0.5) is 4.39 Å². The first kappa shape index (κ1) is 16.0. The first-order valence-electron chi connectivity index (χ1n) is 6.72. The normalized spacial score (nSPS) is 12.3. The van der Waals surface area contributed by atoms with Crippen molar-refractivity contribution in [2.75, 3.05) is 7.11 Å². The van der Waals surface area contributed by atoms with Crippen LogP contribution in [0.15, 0.2) is 28.7 Å². The van der Waals surface area contributed by atoms with Crippen molar-refractivity contribution in [3.63, 3.8) is 0 Å². The second kappa shape index (κ2) is 6.16. The molecule has 0 fully saturated rings.